The maximum Gasteiger partial charge on any atom is 0.0454 e. The third kappa shape index (κ3) is 3.17. The molecule has 3 heteroatoms. The number of nitrogens with one attached hydrogen (secondary N) is 2. The van der Waals surface area contributed by atoms with Crippen molar-refractivity contribution in [1.29, 1.82) is 0 Å². The summed E-state index contributed by atoms with van der Waals surface area (Å²) >= 11 is 0. The lowest BCUT2D eigenvalue weighted by Gasteiger charge is -2.29. The summed E-state index contributed by atoms with van der Waals surface area (Å²) < 4.78 is 0. The Kier molecular flexibility index (Phi) is 3.85. The number of aromatic nitrogens is 1. The van der Waals surface area contributed by atoms with E-state index in [1.165, 1.54) is 42.4 Å². The van der Waals surface area contributed by atoms with Crippen molar-refractivity contribution < 1.29 is 0 Å². The molecule has 19 heavy (non-hydrogen) atoms. The predicted octanol–water partition coefficient (Wildman–Crippen LogP) is 2.60. The fourth-order valence-electron chi connectivity index (χ4n) is 3.07. The Morgan fingerprint density at radius 2 is 2.32 bits per heavy atom. The maximum absolute atomic E-state index is 3.61. The molecule has 3 nitrogen and oxygen atoms in total. The Morgan fingerprint density at radius 1 is 1.37 bits per heavy atom. The van der Waals surface area contributed by atoms with E-state index in [1.54, 1.807) is 0 Å². The highest BCUT2D eigenvalue weighted by atomic mass is 15.1. The van der Waals surface area contributed by atoms with Gasteiger partial charge in [0.25, 0.3) is 0 Å². The van der Waals surface area contributed by atoms with E-state index in [-0.39, 0.29) is 0 Å². The molecular weight excluding hydrogens is 234 g/mol. The number of fused-ring (bicyclic) bond motifs is 1. The van der Waals surface area contributed by atoms with E-state index < -0.39 is 0 Å². The Morgan fingerprint density at radius 3 is 3.21 bits per heavy atom. The average molecular weight is 257 g/mol. The third-order valence-electron chi connectivity index (χ3n) is 4.10. The van der Waals surface area contributed by atoms with Crippen molar-refractivity contribution in [3.63, 3.8) is 0 Å². The summed E-state index contributed by atoms with van der Waals surface area (Å²) in [6.07, 6.45) is 4.71. The van der Waals surface area contributed by atoms with Gasteiger partial charge in [-0.1, -0.05) is 6.07 Å². The lowest BCUT2D eigenvalue weighted by molar-refractivity contribution is 0.206. The molecule has 1 saturated heterocycles. The zero-order valence-electron chi connectivity index (χ0n) is 11.7. The Hall–Kier alpha value is -1.32. The first-order chi connectivity index (χ1) is 9.31. The maximum atomic E-state index is 3.61. The fourth-order valence-corrected chi connectivity index (χ4v) is 3.07. The molecule has 1 atom stereocenters. The Labute approximate surface area is 115 Å². The van der Waals surface area contributed by atoms with Gasteiger partial charge in [0.2, 0.25) is 0 Å². The molecule has 2 heterocycles. The first kappa shape index (κ1) is 12.7. The van der Waals surface area contributed by atoms with Crippen LogP contribution in [-0.4, -0.2) is 36.6 Å². The van der Waals surface area contributed by atoms with E-state index in [0.29, 0.717) is 0 Å². The third-order valence-corrected chi connectivity index (χ3v) is 4.10. The van der Waals surface area contributed by atoms with Crippen LogP contribution in [0.2, 0.25) is 0 Å². The lowest BCUT2D eigenvalue weighted by Crippen LogP contribution is -2.37. The van der Waals surface area contributed by atoms with Gasteiger partial charge in [0.15, 0.2) is 0 Å². The summed E-state index contributed by atoms with van der Waals surface area (Å²) in [6, 6.07) is 8.78. The SMILES string of the molecule is CN1CCCC(CNCc2ccc3[nH]ccc3c2)C1. The van der Waals surface area contributed by atoms with Crippen molar-refractivity contribution in [2.24, 2.45) is 5.92 Å². The van der Waals surface area contributed by atoms with Crippen LogP contribution in [0, 0.1) is 5.92 Å². The van der Waals surface area contributed by atoms with Crippen LogP contribution >= 0.6 is 0 Å². The standard InChI is InChI=1S/C16H23N3/c1-19-8-2-3-14(12-19)11-17-10-13-4-5-16-15(9-13)6-7-18-16/h4-7,9,14,17-18H,2-3,8,10-12H2,1H3. The molecular formula is C16H23N3. The van der Waals surface area contributed by atoms with Crippen molar-refractivity contribution in [2.45, 2.75) is 19.4 Å². The largest absolute Gasteiger partial charge is 0.361 e. The van der Waals surface area contributed by atoms with Crippen LogP contribution in [-0.2, 0) is 6.54 Å². The highest BCUT2D eigenvalue weighted by molar-refractivity contribution is 5.79. The number of nitrogens with zero attached hydrogens (tertiary/aromatic N) is 1. The van der Waals surface area contributed by atoms with E-state index in [2.05, 4.69) is 46.5 Å². The van der Waals surface area contributed by atoms with Crippen LogP contribution < -0.4 is 5.32 Å². The molecule has 0 bridgehead atoms. The molecule has 3 rings (SSSR count). The quantitative estimate of drug-likeness (QED) is 0.882. The summed E-state index contributed by atoms with van der Waals surface area (Å²) in [7, 11) is 2.23. The predicted molar refractivity (Wildman–Crippen MR) is 80.2 cm³/mol. The molecule has 1 aromatic carbocycles. The smallest absolute Gasteiger partial charge is 0.0454 e. The molecule has 2 aromatic rings. The van der Waals surface area contributed by atoms with Gasteiger partial charge in [-0.15, -0.1) is 0 Å². The molecule has 1 unspecified atom stereocenters. The van der Waals surface area contributed by atoms with Crippen molar-refractivity contribution >= 4 is 10.9 Å². The van der Waals surface area contributed by atoms with Crippen LogP contribution in [0.4, 0.5) is 0 Å². The minimum atomic E-state index is 0.815. The number of likely N-dealkylation sites (tertiary alicyclic amines) is 1. The molecule has 0 spiro atoms. The molecule has 0 saturated carbocycles. The lowest BCUT2D eigenvalue weighted by atomic mass is 9.98. The van der Waals surface area contributed by atoms with Gasteiger partial charge in [-0.2, -0.15) is 0 Å². The molecule has 1 fully saturated rings. The zero-order chi connectivity index (χ0) is 13.1. The normalized spacial score (nSPS) is 21.0. The Bertz CT molecular complexity index is 532. The topological polar surface area (TPSA) is 31.1 Å². The second kappa shape index (κ2) is 5.76. The molecule has 1 aliphatic rings. The van der Waals surface area contributed by atoms with Gasteiger partial charge in [-0.25, -0.2) is 0 Å². The number of hydrogen-bond donors (Lipinski definition) is 2. The summed E-state index contributed by atoms with van der Waals surface area (Å²) in [5, 5.41) is 4.91. The second-order valence-corrected chi connectivity index (χ2v) is 5.80. The number of piperidine rings is 1. The monoisotopic (exact) mass is 257 g/mol. The van der Waals surface area contributed by atoms with E-state index in [4.69, 9.17) is 0 Å². The van der Waals surface area contributed by atoms with Gasteiger partial charge in [-0.05, 0) is 68.0 Å². The first-order valence-electron chi connectivity index (χ1n) is 7.26. The number of hydrogen-bond acceptors (Lipinski definition) is 2. The number of rotatable bonds is 4. The van der Waals surface area contributed by atoms with Crippen LogP contribution in [0.25, 0.3) is 10.9 Å². The van der Waals surface area contributed by atoms with Gasteiger partial charge in [0.1, 0.15) is 0 Å². The molecule has 1 aliphatic heterocycles. The fraction of sp³-hybridized carbons (Fsp3) is 0.500. The zero-order valence-corrected chi connectivity index (χ0v) is 11.7. The minimum Gasteiger partial charge on any atom is -0.361 e. The summed E-state index contributed by atoms with van der Waals surface area (Å²) in [6.45, 7) is 4.61. The van der Waals surface area contributed by atoms with Gasteiger partial charge in [-0.3, -0.25) is 0 Å². The van der Waals surface area contributed by atoms with Crippen LogP contribution in [0.15, 0.2) is 30.5 Å². The highest BCUT2D eigenvalue weighted by Crippen LogP contribution is 2.16. The van der Waals surface area contributed by atoms with E-state index >= 15 is 0 Å². The average Bonchev–Trinajstić information content (AvgIpc) is 2.86. The number of benzene rings is 1. The summed E-state index contributed by atoms with van der Waals surface area (Å²) in [4.78, 5) is 5.68. The van der Waals surface area contributed by atoms with Crippen molar-refractivity contribution in [1.82, 2.24) is 15.2 Å². The van der Waals surface area contributed by atoms with E-state index in [9.17, 15) is 0 Å². The van der Waals surface area contributed by atoms with Crippen molar-refractivity contribution in [3.8, 4) is 0 Å². The van der Waals surface area contributed by atoms with Gasteiger partial charge in [0, 0.05) is 24.8 Å². The van der Waals surface area contributed by atoms with Gasteiger partial charge < -0.3 is 15.2 Å². The summed E-state index contributed by atoms with van der Waals surface area (Å²) in [5.74, 6) is 0.815. The van der Waals surface area contributed by atoms with Crippen LogP contribution in [0.3, 0.4) is 0 Å². The second-order valence-electron chi connectivity index (χ2n) is 5.80. The molecule has 102 valence electrons. The van der Waals surface area contributed by atoms with Crippen LogP contribution in [0.1, 0.15) is 18.4 Å². The first-order valence-corrected chi connectivity index (χ1v) is 7.26. The molecule has 0 radical (unpaired) electrons. The molecule has 1 aromatic heterocycles. The Balaban J connectivity index is 1.51. The van der Waals surface area contributed by atoms with Gasteiger partial charge >= 0.3 is 0 Å². The molecule has 0 amide bonds. The molecule has 0 aliphatic carbocycles. The highest BCUT2D eigenvalue weighted by Gasteiger charge is 2.16. The number of H-pyrrole nitrogens is 1. The van der Waals surface area contributed by atoms with Crippen molar-refractivity contribution in [2.75, 3.05) is 26.7 Å². The molecule has 2 N–H and O–H groups in total. The van der Waals surface area contributed by atoms with Crippen molar-refractivity contribution in [3.05, 3.63) is 36.0 Å². The van der Waals surface area contributed by atoms with E-state index in [1.807, 2.05) is 6.20 Å². The van der Waals surface area contributed by atoms with Crippen LogP contribution in [0.5, 0.6) is 0 Å². The van der Waals surface area contributed by atoms with Gasteiger partial charge in [0.05, 0.1) is 0 Å². The van der Waals surface area contributed by atoms with E-state index in [0.717, 1.165) is 19.0 Å². The number of aromatic amines is 1. The minimum absolute atomic E-state index is 0.815. The summed E-state index contributed by atoms with van der Waals surface area (Å²) in [5.41, 5.74) is 2.59.